The van der Waals surface area contributed by atoms with E-state index in [0.717, 1.165) is 41.4 Å². The minimum atomic E-state index is 0.382. The highest BCUT2D eigenvalue weighted by Gasteiger charge is 2.18. The number of aromatic nitrogens is 3. The van der Waals surface area contributed by atoms with Gasteiger partial charge in [0, 0.05) is 43.5 Å². The van der Waals surface area contributed by atoms with Gasteiger partial charge in [0.15, 0.2) is 0 Å². The highest BCUT2D eigenvalue weighted by molar-refractivity contribution is 5.57. The highest BCUT2D eigenvalue weighted by atomic mass is 16.5. The van der Waals surface area contributed by atoms with Gasteiger partial charge < -0.3 is 9.15 Å². The molecular formula is C21H28N4O2. The molecule has 6 heteroatoms. The Bertz CT molecular complexity index is 911. The summed E-state index contributed by atoms with van der Waals surface area (Å²) in [5, 5.41) is 4.27. The number of hydrogen-bond donors (Lipinski definition) is 0. The van der Waals surface area contributed by atoms with Crippen molar-refractivity contribution in [3.8, 4) is 17.2 Å². The van der Waals surface area contributed by atoms with Crippen molar-refractivity contribution in [2.24, 2.45) is 7.05 Å². The summed E-state index contributed by atoms with van der Waals surface area (Å²) in [4.78, 5) is 7.14. The first kappa shape index (κ1) is 19.2. The smallest absolute Gasteiger partial charge is 0.226 e. The molecule has 0 aliphatic heterocycles. The van der Waals surface area contributed by atoms with Gasteiger partial charge in [-0.2, -0.15) is 5.10 Å². The van der Waals surface area contributed by atoms with E-state index >= 15 is 0 Å². The van der Waals surface area contributed by atoms with Gasteiger partial charge in [-0.25, -0.2) is 4.98 Å². The van der Waals surface area contributed by atoms with Crippen molar-refractivity contribution < 1.29 is 9.15 Å². The van der Waals surface area contributed by atoms with Crippen molar-refractivity contribution in [1.29, 1.82) is 0 Å². The van der Waals surface area contributed by atoms with E-state index in [9.17, 15) is 0 Å². The third-order valence-electron chi connectivity index (χ3n) is 4.76. The second-order valence-corrected chi connectivity index (χ2v) is 7.23. The molecule has 6 nitrogen and oxygen atoms in total. The van der Waals surface area contributed by atoms with E-state index in [1.165, 1.54) is 5.56 Å². The third kappa shape index (κ3) is 4.39. The van der Waals surface area contributed by atoms with Crippen molar-refractivity contribution in [1.82, 2.24) is 19.7 Å². The first-order valence-electron chi connectivity index (χ1n) is 9.20. The monoisotopic (exact) mass is 368 g/mol. The molecule has 0 saturated carbocycles. The molecule has 0 bridgehead atoms. The number of ether oxygens (including phenoxy) is 1. The Morgan fingerprint density at radius 1 is 1.22 bits per heavy atom. The number of rotatable bonds is 7. The molecule has 2 aromatic heterocycles. The molecule has 0 aliphatic rings. The van der Waals surface area contributed by atoms with Crippen LogP contribution in [0.4, 0.5) is 0 Å². The van der Waals surface area contributed by atoms with Crippen LogP contribution in [0.15, 0.2) is 35.0 Å². The van der Waals surface area contributed by atoms with Crippen LogP contribution in [-0.4, -0.2) is 32.8 Å². The average Bonchev–Trinajstić information content (AvgIpc) is 3.20. The topological polar surface area (TPSA) is 56.3 Å². The zero-order valence-electron chi connectivity index (χ0n) is 17.0. The van der Waals surface area contributed by atoms with Crippen molar-refractivity contribution >= 4 is 0 Å². The lowest BCUT2D eigenvalue weighted by molar-refractivity contribution is 0.200. The van der Waals surface area contributed by atoms with Gasteiger partial charge in [-0.15, -0.1) is 0 Å². The molecule has 2 heterocycles. The number of aryl methyl sites for hydroxylation is 3. The summed E-state index contributed by atoms with van der Waals surface area (Å²) in [6, 6.07) is 6.36. The largest absolute Gasteiger partial charge is 0.496 e. The molecule has 0 fully saturated rings. The Labute approximate surface area is 160 Å². The molecule has 0 atom stereocenters. The zero-order valence-corrected chi connectivity index (χ0v) is 17.0. The van der Waals surface area contributed by atoms with E-state index in [2.05, 4.69) is 30.0 Å². The van der Waals surface area contributed by atoms with Crippen molar-refractivity contribution in [2.75, 3.05) is 7.11 Å². The normalized spacial score (nSPS) is 11.6. The summed E-state index contributed by atoms with van der Waals surface area (Å²) in [6.07, 6.45) is 3.97. The summed E-state index contributed by atoms with van der Waals surface area (Å²) in [7, 11) is 3.62. The molecule has 0 spiro atoms. The maximum Gasteiger partial charge on any atom is 0.226 e. The molecule has 0 saturated heterocycles. The minimum Gasteiger partial charge on any atom is -0.496 e. The van der Waals surface area contributed by atoms with Gasteiger partial charge in [0.25, 0.3) is 0 Å². The Morgan fingerprint density at radius 2 is 2.00 bits per heavy atom. The van der Waals surface area contributed by atoms with E-state index in [0.29, 0.717) is 11.9 Å². The van der Waals surface area contributed by atoms with E-state index in [4.69, 9.17) is 14.1 Å². The number of benzene rings is 1. The second-order valence-electron chi connectivity index (χ2n) is 7.23. The molecule has 0 unspecified atom stereocenters. The molecule has 144 valence electrons. The van der Waals surface area contributed by atoms with E-state index in [1.54, 1.807) is 7.11 Å². The van der Waals surface area contributed by atoms with Crippen LogP contribution in [0.3, 0.4) is 0 Å². The average molecular weight is 368 g/mol. The molecule has 3 aromatic rings. The fourth-order valence-electron chi connectivity index (χ4n) is 3.11. The summed E-state index contributed by atoms with van der Waals surface area (Å²) < 4.78 is 13.1. The molecule has 0 amide bonds. The van der Waals surface area contributed by atoms with Crippen LogP contribution in [0.2, 0.25) is 0 Å². The Hall–Kier alpha value is -2.60. The Kier molecular flexibility index (Phi) is 5.65. The number of methoxy groups -OCH3 is 1. The van der Waals surface area contributed by atoms with E-state index < -0.39 is 0 Å². The minimum absolute atomic E-state index is 0.382. The lowest BCUT2D eigenvalue weighted by atomic mass is 10.1. The van der Waals surface area contributed by atoms with Gasteiger partial charge in [0.1, 0.15) is 11.5 Å². The van der Waals surface area contributed by atoms with Gasteiger partial charge in [0.05, 0.1) is 19.0 Å². The van der Waals surface area contributed by atoms with E-state index in [1.807, 2.05) is 50.0 Å². The lowest BCUT2D eigenvalue weighted by Crippen LogP contribution is -2.30. The van der Waals surface area contributed by atoms with Crippen LogP contribution in [0.5, 0.6) is 5.75 Å². The van der Waals surface area contributed by atoms with Gasteiger partial charge in [-0.3, -0.25) is 9.58 Å². The van der Waals surface area contributed by atoms with Crippen molar-refractivity contribution in [3.05, 3.63) is 53.2 Å². The number of nitrogens with zero attached hydrogens (tertiary/aromatic N) is 4. The fraction of sp³-hybridized carbons (Fsp3) is 0.429. The summed E-state index contributed by atoms with van der Waals surface area (Å²) in [5.41, 5.74) is 4.19. The highest BCUT2D eigenvalue weighted by Crippen LogP contribution is 2.27. The summed E-state index contributed by atoms with van der Waals surface area (Å²) >= 11 is 0. The molecule has 1 aromatic carbocycles. The first-order chi connectivity index (χ1) is 12.9. The van der Waals surface area contributed by atoms with Crippen LogP contribution in [-0.2, 0) is 20.1 Å². The predicted octanol–water partition coefficient (Wildman–Crippen LogP) is 4.11. The SMILES string of the molecule is COc1ccc(-c2nc(CN(Cc3cnn(C)c3)C(C)C)c(C)o2)cc1C. The molecule has 0 radical (unpaired) electrons. The zero-order chi connectivity index (χ0) is 19.6. The van der Waals surface area contributed by atoms with Gasteiger partial charge in [0.2, 0.25) is 5.89 Å². The molecule has 27 heavy (non-hydrogen) atoms. The first-order valence-corrected chi connectivity index (χ1v) is 9.20. The maximum absolute atomic E-state index is 5.97. The van der Waals surface area contributed by atoms with Crippen LogP contribution in [0.25, 0.3) is 11.5 Å². The van der Waals surface area contributed by atoms with Gasteiger partial charge in [-0.1, -0.05) is 0 Å². The Morgan fingerprint density at radius 3 is 2.59 bits per heavy atom. The number of oxazole rings is 1. The van der Waals surface area contributed by atoms with Gasteiger partial charge in [-0.05, 0) is 51.5 Å². The predicted molar refractivity (Wildman–Crippen MR) is 106 cm³/mol. The second kappa shape index (κ2) is 7.96. The quantitative estimate of drug-likeness (QED) is 0.628. The van der Waals surface area contributed by atoms with Crippen LogP contribution >= 0.6 is 0 Å². The fourth-order valence-corrected chi connectivity index (χ4v) is 3.11. The van der Waals surface area contributed by atoms with Crippen LogP contribution in [0, 0.1) is 13.8 Å². The summed E-state index contributed by atoms with van der Waals surface area (Å²) in [5.74, 6) is 2.37. The Balaban J connectivity index is 1.81. The third-order valence-corrected chi connectivity index (χ3v) is 4.76. The van der Waals surface area contributed by atoms with Crippen molar-refractivity contribution in [2.45, 2.75) is 46.8 Å². The molecule has 0 aliphatic carbocycles. The molecule has 0 N–H and O–H groups in total. The number of hydrogen-bond acceptors (Lipinski definition) is 5. The maximum atomic E-state index is 5.97. The lowest BCUT2D eigenvalue weighted by Gasteiger charge is -2.25. The summed E-state index contributed by atoms with van der Waals surface area (Å²) in [6.45, 7) is 9.95. The van der Waals surface area contributed by atoms with Crippen LogP contribution < -0.4 is 4.74 Å². The molecular weight excluding hydrogens is 340 g/mol. The van der Waals surface area contributed by atoms with E-state index in [-0.39, 0.29) is 0 Å². The van der Waals surface area contributed by atoms with Crippen molar-refractivity contribution in [3.63, 3.8) is 0 Å². The van der Waals surface area contributed by atoms with Crippen LogP contribution in [0.1, 0.15) is 36.4 Å². The molecule has 3 rings (SSSR count). The standard InChI is InChI=1S/C21H28N4O2/c1-14(2)25(12-17-10-22-24(5)11-17)13-19-16(4)27-21(23-19)18-7-8-20(26-6)15(3)9-18/h7-11,14H,12-13H2,1-6H3. The van der Waals surface area contributed by atoms with Gasteiger partial charge >= 0.3 is 0 Å².